The predicted octanol–water partition coefficient (Wildman–Crippen LogP) is 7.15. The molecule has 6 aromatic carbocycles. The summed E-state index contributed by atoms with van der Waals surface area (Å²) in [7, 11) is 0. The van der Waals surface area contributed by atoms with Crippen molar-refractivity contribution in [1.82, 2.24) is 0 Å². The molecule has 4 N–H and O–H groups in total. The molecular formula is C31H22O4. The summed E-state index contributed by atoms with van der Waals surface area (Å²) in [5, 5.41) is 48.8. The van der Waals surface area contributed by atoms with Crippen molar-refractivity contribution >= 4 is 32.3 Å². The van der Waals surface area contributed by atoms with Gasteiger partial charge in [0.25, 0.3) is 0 Å². The third kappa shape index (κ3) is 3.22. The molecule has 0 aliphatic rings. The van der Waals surface area contributed by atoms with E-state index in [9.17, 15) is 20.4 Å². The number of phenolic OH excluding ortho intramolecular Hbond substituents is 4. The van der Waals surface area contributed by atoms with Gasteiger partial charge in [0.2, 0.25) is 0 Å². The summed E-state index contributed by atoms with van der Waals surface area (Å²) < 4.78 is 0. The van der Waals surface area contributed by atoms with Crippen LogP contribution >= 0.6 is 0 Å². The Balaban J connectivity index is 1.75. The van der Waals surface area contributed by atoms with E-state index in [0.29, 0.717) is 32.7 Å². The fourth-order valence-electron chi connectivity index (χ4n) is 5.17. The Kier molecular flexibility index (Phi) is 4.75. The lowest BCUT2D eigenvalue weighted by Crippen LogP contribution is -2.06. The van der Waals surface area contributed by atoms with Gasteiger partial charge in [0.05, 0.1) is 0 Å². The van der Waals surface area contributed by atoms with Gasteiger partial charge in [-0.3, -0.25) is 0 Å². The Labute approximate surface area is 201 Å². The Morgan fingerprint density at radius 1 is 0.400 bits per heavy atom. The molecule has 0 spiro atoms. The summed E-state index contributed by atoms with van der Waals surface area (Å²) in [6, 6.07) is 31.1. The molecule has 0 fully saturated rings. The van der Waals surface area contributed by atoms with Crippen LogP contribution in [0.15, 0.2) is 103 Å². The number of fused-ring (bicyclic) bond motifs is 3. The van der Waals surface area contributed by atoms with Crippen molar-refractivity contribution in [3.63, 3.8) is 0 Å². The molecule has 0 bridgehead atoms. The van der Waals surface area contributed by atoms with Crippen LogP contribution in [-0.2, 0) is 0 Å². The summed E-state index contributed by atoms with van der Waals surface area (Å²) >= 11 is 0. The van der Waals surface area contributed by atoms with Gasteiger partial charge in [-0.05, 0) is 28.5 Å². The zero-order chi connectivity index (χ0) is 24.1. The Bertz CT molecular complexity index is 1660. The van der Waals surface area contributed by atoms with Crippen LogP contribution in [0, 0.1) is 0 Å². The van der Waals surface area contributed by atoms with Gasteiger partial charge >= 0.3 is 0 Å². The van der Waals surface area contributed by atoms with Crippen LogP contribution in [0.5, 0.6) is 23.0 Å². The zero-order valence-corrected chi connectivity index (χ0v) is 18.7. The minimum absolute atomic E-state index is 0.0170. The molecule has 170 valence electrons. The first kappa shape index (κ1) is 20.9. The number of aromatic hydroxyl groups is 4. The van der Waals surface area contributed by atoms with Crippen LogP contribution in [0.25, 0.3) is 32.3 Å². The van der Waals surface area contributed by atoms with Crippen LogP contribution in [0.3, 0.4) is 0 Å². The summed E-state index contributed by atoms with van der Waals surface area (Å²) in [5.74, 6) is -0.579. The maximum absolute atomic E-state index is 11.5. The van der Waals surface area contributed by atoms with E-state index in [2.05, 4.69) is 0 Å². The smallest absolute Gasteiger partial charge is 0.127 e. The minimum atomic E-state index is -0.674. The molecule has 0 saturated carbocycles. The van der Waals surface area contributed by atoms with E-state index in [4.69, 9.17) is 0 Å². The van der Waals surface area contributed by atoms with E-state index < -0.39 is 5.92 Å². The van der Waals surface area contributed by atoms with Crippen LogP contribution in [-0.4, -0.2) is 20.4 Å². The number of hydrogen-bond donors (Lipinski definition) is 4. The molecule has 4 heteroatoms. The summed E-state index contributed by atoms with van der Waals surface area (Å²) in [6.45, 7) is 0. The number of phenols is 4. The standard InChI is InChI=1S/C31H22O4/c32-27-16-25(30(34)23-13-5-3-11-20(23)27)29(22-15-7-9-18-8-1-2-10-19(18)22)26-17-28(33)21-12-4-6-14-24(21)31(26)35/h1-17,29,32-35H. The van der Waals surface area contributed by atoms with Crippen molar-refractivity contribution in [1.29, 1.82) is 0 Å². The Morgan fingerprint density at radius 2 is 0.829 bits per heavy atom. The first-order chi connectivity index (χ1) is 17.0. The van der Waals surface area contributed by atoms with Crippen LogP contribution in [0.1, 0.15) is 22.6 Å². The van der Waals surface area contributed by atoms with Gasteiger partial charge in [-0.1, -0.05) is 91.0 Å². The van der Waals surface area contributed by atoms with Gasteiger partial charge < -0.3 is 20.4 Å². The van der Waals surface area contributed by atoms with Gasteiger partial charge in [0.15, 0.2) is 0 Å². The van der Waals surface area contributed by atoms with Crippen molar-refractivity contribution in [3.8, 4) is 23.0 Å². The van der Waals surface area contributed by atoms with Gasteiger partial charge in [0, 0.05) is 38.6 Å². The van der Waals surface area contributed by atoms with Gasteiger partial charge in [-0.2, -0.15) is 0 Å². The van der Waals surface area contributed by atoms with E-state index in [0.717, 1.165) is 16.3 Å². The van der Waals surface area contributed by atoms with Crippen molar-refractivity contribution in [2.75, 3.05) is 0 Å². The Morgan fingerprint density at radius 3 is 1.37 bits per heavy atom. The second-order valence-corrected chi connectivity index (χ2v) is 8.76. The largest absolute Gasteiger partial charge is 0.507 e. The molecular weight excluding hydrogens is 436 g/mol. The minimum Gasteiger partial charge on any atom is -0.507 e. The third-order valence-corrected chi connectivity index (χ3v) is 6.80. The highest BCUT2D eigenvalue weighted by Crippen LogP contribution is 2.49. The average molecular weight is 459 g/mol. The summed E-state index contributed by atoms with van der Waals surface area (Å²) in [6.07, 6.45) is 0. The van der Waals surface area contributed by atoms with E-state index >= 15 is 0 Å². The lowest BCUT2D eigenvalue weighted by Gasteiger charge is -2.24. The molecule has 0 saturated heterocycles. The highest BCUT2D eigenvalue weighted by atomic mass is 16.3. The SMILES string of the molecule is Oc1cc(C(c2cc(O)c3ccccc3c2O)c2cccc3ccccc23)c(O)c2ccccc12. The molecule has 0 amide bonds. The van der Waals surface area contributed by atoms with Crippen molar-refractivity contribution in [2.24, 2.45) is 0 Å². The van der Waals surface area contributed by atoms with Crippen molar-refractivity contribution in [3.05, 3.63) is 120 Å². The highest BCUT2D eigenvalue weighted by molar-refractivity contribution is 5.97. The number of hydrogen-bond acceptors (Lipinski definition) is 4. The molecule has 0 atom stereocenters. The molecule has 0 aliphatic carbocycles. The fourth-order valence-corrected chi connectivity index (χ4v) is 5.17. The molecule has 0 heterocycles. The predicted molar refractivity (Wildman–Crippen MR) is 139 cm³/mol. The first-order valence-electron chi connectivity index (χ1n) is 11.4. The molecule has 4 nitrogen and oxygen atoms in total. The second-order valence-electron chi connectivity index (χ2n) is 8.76. The molecule has 35 heavy (non-hydrogen) atoms. The van der Waals surface area contributed by atoms with E-state index in [1.165, 1.54) is 0 Å². The molecule has 0 radical (unpaired) electrons. The normalized spacial score (nSPS) is 11.6. The van der Waals surface area contributed by atoms with Crippen LogP contribution in [0.2, 0.25) is 0 Å². The number of benzene rings is 6. The van der Waals surface area contributed by atoms with E-state index in [-0.39, 0.29) is 23.0 Å². The lowest BCUT2D eigenvalue weighted by atomic mass is 9.80. The molecule has 0 unspecified atom stereocenters. The van der Waals surface area contributed by atoms with Gasteiger partial charge in [0.1, 0.15) is 23.0 Å². The van der Waals surface area contributed by atoms with Gasteiger partial charge in [-0.25, -0.2) is 0 Å². The Hall–Kier alpha value is -4.70. The third-order valence-electron chi connectivity index (χ3n) is 6.80. The van der Waals surface area contributed by atoms with Crippen LogP contribution < -0.4 is 0 Å². The van der Waals surface area contributed by atoms with Crippen molar-refractivity contribution < 1.29 is 20.4 Å². The van der Waals surface area contributed by atoms with Crippen molar-refractivity contribution in [2.45, 2.75) is 5.92 Å². The zero-order valence-electron chi connectivity index (χ0n) is 18.7. The van der Waals surface area contributed by atoms with Gasteiger partial charge in [-0.15, -0.1) is 0 Å². The quantitative estimate of drug-likeness (QED) is 0.168. The topological polar surface area (TPSA) is 80.9 Å². The second kappa shape index (κ2) is 7.96. The van der Waals surface area contributed by atoms with Crippen LogP contribution in [0.4, 0.5) is 0 Å². The molecule has 6 aromatic rings. The maximum Gasteiger partial charge on any atom is 0.127 e. The van der Waals surface area contributed by atoms with E-state index in [1.807, 2.05) is 42.5 Å². The maximum atomic E-state index is 11.5. The molecule has 6 rings (SSSR count). The fraction of sp³-hybridized carbons (Fsp3) is 0.0323. The lowest BCUT2D eigenvalue weighted by molar-refractivity contribution is 0.454. The monoisotopic (exact) mass is 458 g/mol. The number of rotatable bonds is 3. The molecule has 0 aliphatic heterocycles. The summed E-state index contributed by atoms with van der Waals surface area (Å²) in [5.41, 5.74) is 1.70. The van der Waals surface area contributed by atoms with E-state index in [1.54, 1.807) is 60.7 Å². The highest BCUT2D eigenvalue weighted by Gasteiger charge is 2.28. The summed E-state index contributed by atoms with van der Waals surface area (Å²) in [4.78, 5) is 0. The molecule has 0 aromatic heterocycles. The first-order valence-corrected chi connectivity index (χ1v) is 11.4. The average Bonchev–Trinajstić information content (AvgIpc) is 2.90.